The zero-order valence-corrected chi connectivity index (χ0v) is 36.2. The zero-order valence-electron chi connectivity index (χ0n) is 35.4. The zero-order chi connectivity index (χ0) is 43.9. The summed E-state index contributed by atoms with van der Waals surface area (Å²) in [6.45, 7) is 7.94. The van der Waals surface area contributed by atoms with Crippen LogP contribution in [0.25, 0.3) is 22.3 Å². The molecule has 1 aliphatic rings. The van der Waals surface area contributed by atoms with Crippen molar-refractivity contribution < 1.29 is 48.1 Å². The van der Waals surface area contributed by atoms with E-state index in [0.717, 1.165) is 23.1 Å². The van der Waals surface area contributed by atoms with Crippen molar-refractivity contribution in [2.24, 2.45) is 17.6 Å². The lowest BCUT2D eigenvalue weighted by Crippen LogP contribution is -2.39. The van der Waals surface area contributed by atoms with Gasteiger partial charge in [-0.1, -0.05) is 123 Å². The van der Waals surface area contributed by atoms with Crippen LogP contribution in [0.15, 0.2) is 109 Å². The number of carbonyl (C=O) groups is 6. The van der Waals surface area contributed by atoms with Crippen molar-refractivity contribution in [2.45, 2.75) is 91.1 Å². The summed E-state index contributed by atoms with van der Waals surface area (Å²) in [7, 11) is 0. The molecule has 0 saturated carbocycles. The van der Waals surface area contributed by atoms with Gasteiger partial charge in [0.15, 0.2) is 0 Å². The molecular formula is C48H59ClN2O10. The number of ether oxygens (including phenoxy) is 3. The molecule has 328 valence electrons. The second-order valence-electron chi connectivity index (χ2n) is 14.6. The highest BCUT2D eigenvalue weighted by Gasteiger charge is 2.23. The summed E-state index contributed by atoms with van der Waals surface area (Å²) in [5, 5.41) is 11.7. The van der Waals surface area contributed by atoms with Crippen LogP contribution < -0.4 is 11.1 Å². The Labute approximate surface area is 365 Å². The molecule has 12 nitrogen and oxygen atoms in total. The summed E-state index contributed by atoms with van der Waals surface area (Å²) in [4.78, 5) is 66.6. The van der Waals surface area contributed by atoms with E-state index in [1.807, 2.05) is 86.6 Å². The number of aliphatic carboxylic acids is 1. The van der Waals surface area contributed by atoms with Gasteiger partial charge < -0.3 is 30.4 Å². The fraction of sp³-hybridized carbons (Fsp3) is 0.375. The van der Waals surface area contributed by atoms with Crippen molar-refractivity contribution in [2.75, 3.05) is 13.2 Å². The van der Waals surface area contributed by atoms with Crippen molar-refractivity contribution in [3.8, 4) is 22.3 Å². The summed E-state index contributed by atoms with van der Waals surface area (Å²) in [5.74, 6) is -3.15. The number of nitrogens with two attached hydrogens (primary N) is 1. The normalized spacial score (nSPS) is 13.5. The Morgan fingerprint density at radius 3 is 1.44 bits per heavy atom. The summed E-state index contributed by atoms with van der Waals surface area (Å²) in [6.07, 6.45) is 2.57. The van der Waals surface area contributed by atoms with Crippen LogP contribution >= 0.6 is 12.4 Å². The van der Waals surface area contributed by atoms with E-state index in [-0.39, 0.29) is 79.9 Å². The fourth-order valence-electron chi connectivity index (χ4n) is 6.39. The monoisotopic (exact) mass is 858 g/mol. The standard InChI is InChI=1S/C24H29NO5.C20H25NO2.C4H4O3.ClH/c1-3-30-24(29)17(2)15-21(25-22(26)13-14-23(27)28)16-18-9-11-20(12-10-18)19-7-5-4-6-8-19;1-3-23-20(22)15(2)13-19(21)14-16-9-11-18(12-10-16)17-7-5-4-6-8-17;5-3-1-2-4(6)7-3;/h4-12,17,21H,3,13-16H2,1-2H3,(H,25,26)(H,27,28);4-12,15,19H,3,13-14,21H2,1-2H3;1-2H2;1H/t17-,21+;15-,19+;;/m11../s1. The average molecular weight is 859 g/mol. The lowest BCUT2D eigenvalue weighted by atomic mass is 9.94. The number of hydrogen-bond acceptors (Lipinski definition) is 10. The molecule has 0 radical (unpaired) electrons. The number of nitrogens with one attached hydrogen (secondary N) is 1. The van der Waals surface area contributed by atoms with Crippen LogP contribution in [0.5, 0.6) is 0 Å². The van der Waals surface area contributed by atoms with E-state index < -0.39 is 17.9 Å². The minimum atomic E-state index is -1.02. The number of hydrogen-bond donors (Lipinski definition) is 3. The first-order chi connectivity index (χ1) is 28.8. The Kier molecular flexibility index (Phi) is 23.4. The molecule has 0 aliphatic carbocycles. The minimum absolute atomic E-state index is 0. The molecule has 5 rings (SSSR count). The van der Waals surface area contributed by atoms with E-state index in [1.165, 1.54) is 16.7 Å². The molecule has 4 atom stereocenters. The van der Waals surface area contributed by atoms with Crippen LogP contribution in [-0.2, 0) is 55.8 Å². The molecule has 1 heterocycles. The van der Waals surface area contributed by atoms with Crippen molar-refractivity contribution in [3.05, 3.63) is 120 Å². The smallest absolute Gasteiger partial charge is 0.314 e. The van der Waals surface area contributed by atoms with Crippen LogP contribution in [-0.4, -0.2) is 66.2 Å². The summed E-state index contributed by atoms with van der Waals surface area (Å²) < 4.78 is 14.2. The number of esters is 4. The van der Waals surface area contributed by atoms with Crippen LogP contribution in [0, 0.1) is 11.8 Å². The topological polar surface area (TPSA) is 188 Å². The molecule has 1 aliphatic heterocycles. The quantitative estimate of drug-likeness (QED) is 0.0501. The Balaban J connectivity index is 0.000000364. The summed E-state index contributed by atoms with van der Waals surface area (Å²) in [6, 6.07) is 36.5. The predicted octanol–water partition coefficient (Wildman–Crippen LogP) is 7.92. The number of rotatable bonds is 18. The second-order valence-corrected chi connectivity index (χ2v) is 14.6. The number of carbonyl (C=O) groups excluding carboxylic acids is 5. The highest BCUT2D eigenvalue weighted by atomic mass is 35.5. The predicted molar refractivity (Wildman–Crippen MR) is 236 cm³/mol. The number of carboxylic acid groups (broad SMARTS) is 1. The second kappa shape index (κ2) is 27.8. The van der Waals surface area contributed by atoms with Gasteiger partial charge >= 0.3 is 29.8 Å². The molecule has 61 heavy (non-hydrogen) atoms. The Morgan fingerprint density at radius 1 is 0.639 bits per heavy atom. The lowest BCUT2D eigenvalue weighted by Gasteiger charge is -2.22. The Morgan fingerprint density at radius 2 is 1.05 bits per heavy atom. The van der Waals surface area contributed by atoms with Crippen molar-refractivity contribution >= 4 is 48.2 Å². The van der Waals surface area contributed by atoms with E-state index in [2.05, 4.69) is 46.5 Å². The molecule has 1 saturated heterocycles. The van der Waals surface area contributed by atoms with Gasteiger partial charge in [-0.25, -0.2) is 0 Å². The van der Waals surface area contributed by atoms with Gasteiger partial charge in [-0.05, 0) is 72.9 Å². The van der Waals surface area contributed by atoms with Gasteiger partial charge in [-0.15, -0.1) is 12.4 Å². The van der Waals surface area contributed by atoms with Crippen LogP contribution in [0.1, 0.15) is 77.3 Å². The number of halogens is 1. The maximum Gasteiger partial charge on any atom is 0.314 e. The number of benzene rings is 4. The van der Waals surface area contributed by atoms with E-state index in [1.54, 1.807) is 13.8 Å². The highest BCUT2D eigenvalue weighted by molar-refractivity contribution is 5.92. The van der Waals surface area contributed by atoms with Gasteiger partial charge in [0.1, 0.15) is 0 Å². The van der Waals surface area contributed by atoms with Gasteiger partial charge in [-0.3, -0.25) is 28.8 Å². The van der Waals surface area contributed by atoms with E-state index >= 15 is 0 Å². The molecule has 0 unspecified atom stereocenters. The van der Waals surface area contributed by atoms with Crippen LogP contribution in [0.2, 0.25) is 0 Å². The lowest BCUT2D eigenvalue weighted by molar-refractivity contribution is -0.152. The van der Waals surface area contributed by atoms with Gasteiger partial charge in [0, 0.05) is 18.5 Å². The van der Waals surface area contributed by atoms with E-state index in [0.29, 0.717) is 32.5 Å². The molecule has 1 fully saturated rings. The third-order valence-electron chi connectivity index (χ3n) is 9.47. The molecule has 4 N–H and O–H groups in total. The molecule has 0 spiro atoms. The third-order valence-corrected chi connectivity index (χ3v) is 9.47. The fourth-order valence-corrected chi connectivity index (χ4v) is 6.39. The molecule has 0 aromatic heterocycles. The van der Waals surface area contributed by atoms with Crippen LogP contribution in [0.3, 0.4) is 0 Å². The molecule has 4 aromatic carbocycles. The van der Waals surface area contributed by atoms with E-state index in [4.69, 9.17) is 20.3 Å². The van der Waals surface area contributed by atoms with Gasteiger partial charge in [0.05, 0.1) is 44.3 Å². The summed E-state index contributed by atoms with van der Waals surface area (Å²) in [5.41, 5.74) is 13.0. The largest absolute Gasteiger partial charge is 0.481 e. The Hall–Kier alpha value is -5.85. The first kappa shape index (κ1) is 51.3. The first-order valence-corrected chi connectivity index (χ1v) is 20.4. The average Bonchev–Trinajstić information content (AvgIpc) is 3.63. The summed E-state index contributed by atoms with van der Waals surface area (Å²) >= 11 is 0. The van der Waals surface area contributed by atoms with Gasteiger partial charge in [-0.2, -0.15) is 0 Å². The number of cyclic esters (lactones) is 2. The maximum atomic E-state index is 12.2. The van der Waals surface area contributed by atoms with Crippen LogP contribution in [0.4, 0.5) is 0 Å². The molecule has 1 amide bonds. The van der Waals surface area contributed by atoms with Gasteiger partial charge in [0.25, 0.3) is 0 Å². The molecular weight excluding hydrogens is 800 g/mol. The minimum Gasteiger partial charge on any atom is -0.481 e. The Bertz CT molecular complexity index is 1940. The SMILES string of the molecule is CCOC(=O)[C@H](C)C[C@@H](Cc1ccc(-c2ccccc2)cc1)NC(=O)CCC(=O)O.CCOC(=O)[C@H](C)C[C@H](N)Cc1ccc(-c2ccccc2)cc1.Cl.O=C1CCC(=O)O1. The highest BCUT2D eigenvalue weighted by Crippen LogP contribution is 2.22. The molecule has 0 bridgehead atoms. The van der Waals surface area contributed by atoms with E-state index in [9.17, 15) is 28.8 Å². The van der Waals surface area contributed by atoms with Gasteiger partial charge in [0.2, 0.25) is 5.91 Å². The third kappa shape index (κ3) is 19.8. The number of carboxylic acids is 1. The van der Waals surface area contributed by atoms with Crippen molar-refractivity contribution in [1.29, 1.82) is 0 Å². The molecule has 4 aromatic rings. The maximum absolute atomic E-state index is 12.2. The molecule has 13 heteroatoms. The first-order valence-electron chi connectivity index (χ1n) is 20.4. The number of amides is 1. The van der Waals surface area contributed by atoms with Crippen molar-refractivity contribution in [1.82, 2.24) is 5.32 Å². The van der Waals surface area contributed by atoms with Crippen molar-refractivity contribution in [3.63, 3.8) is 0 Å².